The number of hydrogen-bond donors (Lipinski definition) is 1. The molecule has 0 spiro atoms. The monoisotopic (exact) mass is 293 g/mol. The Morgan fingerprint density at radius 1 is 0.864 bits per heavy atom. The van der Waals surface area contributed by atoms with Gasteiger partial charge in [0, 0.05) is 25.3 Å². The lowest BCUT2D eigenvalue weighted by Crippen LogP contribution is -2.36. The highest BCUT2D eigenvalue weighted by molar-refractivity contribution is 5.65. The van der Waals surface area contributed by atoms with Gasteiger partial charge in [0.15, 0.2) is 0 Å². The third-order valence-electron chi connectivity index (χ3n) is 4.99. The van der Waals surface area contributed by atoms with Crippen LogP contribution in [-0.4, -0.2) is 19.3 Å². The number of rotatable bonds is 3. The Hall–Kier alpha value is -1.64. The molecule has 114 valence electrons. The van der Waals surface area contributed by atoms with E-state index in [0.29, 0.717) is 12.1 Å². The lowest BCUT2D eigenvalue weighted by molar-refractivity contribution is 0.0749. The maximum atomic E-state index is 5.47. The molecule has 1 fully saturated rings. The Morgan fingerprint density at radius 2 is 1.68 bits per heavy atom. The summed E-state index contributed by atoms with van der Waals surface area (Å²) < 4.78 is 5.47. The van der Waals surface area contributed by atoms with Gasteiger partial charge in [-0.15, -0.1) is 0 Å². The molecule has 2 aromatic rings. The molecule has 2 aromatic carbocycles. The first kappa shape index (κ1) is 14.0. The van der Waals surface area contributed by atoms with Gasteiger partial charge in [-0.2, -0.15) is 0 Å². The normalized spacial score (nSPS) is 21.7. The van der Waals surface area contributed by atoms with Gasteiger partial charge in [-0.25, -0.2) is 0 Å². The van der Waals surface area contributed by atoms with Crippen molar-refractivity contribution >= 4 is 0 Å². The molecule has 1 atom stereocenters. The summed E-state index contributed by atoms with van der Waals surface area (Å²) in [5, 5.41) is 3.87. The van der Waals surface area contributed by atoms with Crippen molar-refractivity contribution < 1.29 is 4.74 Å². The fourth-order valence-corrected chi connectivity index (χ4v) is 3.73. The highest BCUT2D eigenvalue weighted by Gasteiger charge is 2.26. The summed E-state index contributed by atoms with van der Waals surface area (Å²) in [4.78, 5) is 0. The molecular formula is C20H23NO. The van der Waals surface area contributed by atoms with Gasteiger partial charge in [-0.1, -0.05) is 42.5 Å². The maximum absolute atomic E-state index is 5.47. The SMILES string of the molecule is c1ccc(-c2ccc3c(c2)C(NC2CCOCC2)CC3)cc1. The first-order valence-corrected chi connectivity index (χ1v) is 8.42. The molecule has 1 aliphatic carbocycles. The highest BCUT2D eigenvalue weighted by atomic mass is 16.5. The third-order valence-corrected chi connectivity index (χ3v) is 4.99. The molecule has 4 rings (SSSR count). The lowest BCUT2D eigenvalue weighted by atomic mass is 9.98. The Balaban J connectivity index is 1.57. The van der Waals surface area contributed by atoms with Crippen molar-refractivity contribution in [3.63, 3.8) is 0 Å². The molecule has 2 nitrogen and oxygen atoms in total. The molecule has 1 saturated heterocycles. The third kappa shape index (κ3) is 2.81. The van der Waals surface area contributed by atoms with Crippen LogP contribution in [0.1, 0.15) is 36.4 Å². The summed E-state index contributed by atoms with van der Waals surface area (Å²) in [6.45, 7) is 1.81. The smallest absolute Gasteiger partial charge is 0.0480 e. The van der Waals surface area contributed by atoms with Crippen molar-refractivity contribution in [3.05, 3.63) is 59.7 Å². The zero-order chi connectivity index (χ0) is 14.8. The van der Waals surface area contributed by atoms with Crippen LogP contribution in [0.3, 0.4) is 0 Å². The zero-order valence-corrected chi connectivity index (χ0v) is 12.9. The first-order valence-electron chi connectivity index (χ1n) is 8.42. The second kappa shape index (κ2) is 6.23. The molecular weight excluding hydrogens is 270 g/mol. The number of benzene rings is 2. The molecule has 0 aromatic heterocycles. The van der Waals surface area contributed by atoms with Gasteiger partial charge in [-0.05, 0) is 54.0 Å². The Morgan fingerprint density at radius 3 is 2.50 bits per heavy atom. The molecule has 0 saturated carbocycles. The van der Waals surface area contributed by atoms with Crippen LogP contribution in [0.4, 0.5) is 0 Å². The number of ether oxygens (including phenoxy) is 1. The van der Waals surface area contributed by atoms with Gasteiger partial charge in [0.2, 0.25) is 0 Å². The molecule has 0 radical (unpaired) electrons. The van der Waals surface area contributed by atoms with Gasteiger partial charge in [0.05, 0.1) is 0 Å². The number of aryl methyl sites for hydroxylation is 1. The zero-order valence-electron chi connectivity index (χ0n) is 12.9. The number of hydrogen-bond acceptors (Lipinski definition) is 2. The van der Waals surface area contributed by atoms with Crippen LogP contribution < -0.4 is 5.32 Å². The number of fused-ring (bicyclic) bond motifs is 1. The van der Waals surface area contributed by atoms with Crippen LogP contribution in [0, 0.1) is 0 Å². The van der Waals surface area contributed by atoms with E-state index in [-0.39, 0.29) is 0 Å². The van der Waals surface area contributed by atoms with E-state index in [2.05, 4.69) is 53.8 Å². The van der Waals surface area contributed by atoms with Crippen LogP contribution >= 0.6 is 0 Å². The minimum atomic E-state index is 0.516. The van der Waals surface area contributed by atoms with Crippen molar-refractivity contribution in [2.45, 2.75) is 37.8 Å². The molecule has 1 unspecified atom stereocenters. The van der Waals surface area contributed by atoms with E-state index in [4.69, 9.17) is 4.74 Å². The standard InChI is InChI=1S/C20H23NO/c1-2-4-15(5-3-1)17-7-6-16-8-9-20(19(16)14-17)21-18-10-12-22-13-11-18/h1-7,14,18,20-21H,8-13H2. The summed E-state index contributed by atoms with van der Waals surface area (Å²) in [6.07, 6.45) is 4.71. The Kier molecular flexibility index (Phi) is 3.96. The highest BCUT2D eigenvalue weighted by Crippen LogP contribution is 2.35. The van der Waals surface area contributed by atoms with E-state index < -0.39 is 0 Å². The van der Waals surface area contributed by atoms with Crippen molar-refractivity contribution in [2.24, 2.45) is 0 Å². The summed E-state index contributed by atoms with van der Waals surface area (Å²) in [7, 11) is 0. The second-order valence-corrected chi connectivity index (χ2v) is 6.42. The predicted octanol–water partition coefficient (Wildman–Crippen LogP) is 4.11. The van der Waals surface area contributed by atoms with E-state index in [9.17, 15) is 0 Å². The Labute approximate surface area is 132 Å². The van der Waals surface area contributed by atoms with Gasteiger partial charge in [-0.3, -0.25) is 0 Å². The van der Waals surface area contributed by atoms with Gasteiger partial charge < -0.3 is 10.1 Å². The summed E-state index contributed by atoms with van der Waals surface area (Å²) >= 11 is 0. The van der Waals surface area contributed by atoms with Crippen LogP contribution in [0.2, 0.25) is 0 Å². The van der Waals surface area contributed by atoms with Crippen LogP contribution in [0.15, 0.2) is 48.5 Å². The molecule has 1 aliphatic heterocycles. The van der Waals surface area contributed by atoms with Crippen LogP contribution in [-0.2, 0) is 11.2 Å². The summed E-state index contributed by atoms with van der Waals surface area (Å²) in [5.41, 5.74) is 5.67. The van der Waals surface area contributed by atoms with Crippen molar-refractivity contribution in [1.82, 2.24) is 5.32 Å². The molecule has 2 heteroatoms. The van der Waals surface area contributed by atoms with E-state index in [1.165, 1.54) is 35.1 Å². The minimum absolute atomic E-state index is 0.516. The van der Waals surface area contributed by atoms with Crippen molar-refractivity contribution in [1.29, 1.82) is 0 Å². The molecule has 0 bridgehead atoms. The largest absolute Gasteiger partial charge is 0.381 e. The Bertz CT molecular complexity index is 631. The predicted molar refractivity (Wildman–Crippen MR) is 89.9 cm³/mol. The average molecular weight is 293 g/mol. The molecule has 22 heavy (non-hydrogen) atoms. The topological polar surface area (TPSA) is 21.3 Å². The molecule has 2 aliphatic rings. The lowest BCUT2D eigenvalue weighted by Gasteiger charge is -2.27. The van der Waals surface area contributed by atoms with Gasteiger partial charge in [0.25, 0.3) is 0 Å². The van der Waals surface area contributed by atoms with Crippen molar-refractivity contribution in [2.75, 3.05) is 13.2 Å². The quantitative estimate of drug-likeness (QED) is 0.919. The van der Waals surface area contributed by atoms with Gasteiger partial charge in [0.1, 0.15) is 0 Å². The molecule has 1 heterocycles. The van der Waals surface area contributed by atoms with Crippen LogP contribution in [0.25, 0.3) is 11.1 Å². The summed E-state index contributed by atoms with van der Waals surface area (Å²) in [6, 6.07) is 18.8. The molecule has 0 amide bonds. The fraction of sp³-hybridized carbons (Fsp3) is 0.400. The van der Waals surface area contributed by atoms with Crippen LogP contribution in [0.5, 0.6) is 0 Å². The van der Waals surface area contributed by atoms with E-state index in [1.807, 2.05) is 0 Å². The fourth-order valence-electron chi connectivity index (χ4n) is 3.73. The molecule has 1 N–H and O–H groups in total. The second-order valence-electron chi connectivity index (χ2n) is 6.42. The minimum Gasteiger partial charge on any atom is -0.381 e. The maximum Gasteiger partial charge on any atom is 0.0480 e. The van der Waals surface area contributed by atoms with E-state index >= 15 is 0 Å². The average Bonchev–Trinajstić information content (AvgIpc) is 2.99. The van der Waals surface area contributed by atoms with Gasteiger partial charge >= 0.3 is 0 Å². The summed E-state index contributed by atoms with van der Waals surface area (Å²) in [5.74, 6) is 0. The van der Waals surface area contributed by atoms with E-state index in [1.54, 1.807) is 0 Å². The van der Waals surface area contributed by atoms with Crippen molar-refractivity contribution in [3.8, 4) is 11.1 Å². The number of nitrogens with one attached hydrogen (secondary N) is 1. The van der Waals surface area contributed by atoms with E-state index in [0.717, 1.165) is 26.1 Å². The first-order chi connectivity index (χ1) is 10.9.